The summed E-state index contributed by atoms with van der Waals surface area (Å²) in [7, 11) is 0. The maximum absolute atomic E-state index is 2.51. The lowest BCUT2D eigenvalue weighted by Crippen LogP contribution is -2.33. The van der Waals surface area contributed by atoms with Crippen molar-refractivity contribution < 1.29 is 0 Å². The Hall–Kier alpha value is -7.62. The van der Waals surface area contributed by atoms with E-state index in [-0.39, 0.29) is 0 Å². The molecule has 270 valence electrons. The standard InChI is InChI=1S/C55H35N3/c1-2-15-36(16-3-1)56(37-29-31-38(32-30-37)57-50-25-10-5-18-42(50)43-19-6-11-26-51(43)57)39-33-34-41-40-17-4-8-22-46(40)55(49(41)35-39)47-23-9-13-28-53(47)58-52-27-12-7-20-44(52)45-21-14-24-48(55)54(45)58/h1-35H. The number of anilines is 3. The van der Waals surface area contributed by atoms with E-state index >= 15 is 0 Å². The summed E-state index contributed by atoms with van der Waals surface area (Å²) >= 11 is 0. The highest BCUT2D eigenvalue weighted by Gasteiger charge is 2.51. The second-order valence-electron chi connectivity index (χ2n) is 15.7. The van der Waals surface area contributed by atoms with Crippen LogP contribution in [0.4, 0.5) is 17.1 Å². The van der Waals surface area contributed by atoms with Gasteiger partial charge in [0.15, 0.2) is 0 Å². The lowest BCUT2D eigenvalue weighted by atomic mass is 9.65. The molecule has 1 aliphatic carbocycles. The Bertz CT molecular complexity index is 3410. The van der Waals surface area contributed by atoms with Crippen molar-refractivity contribution in [3.05, 3.63) is 235 Å². The number of hydrogen-bond donors (Lipinski definition) is 0. The van der Waals surface area contributed by atoms with Gasteiger partial charge in [0.05, 0.1) is 33.2 Å². The molecule has 0 saturated carbocycles. The van der Waals surface area contributed by atoms with Crippen LogP contribution in [0.1, 0.15) is 22.3 Å². The molecule has 0 saturated heterocycles. The topological polar surface area (TPSA) is 13.1 Å². The molecule has 1 unspecified atom stereocenters. The van der Waals surface area contributed by atoms with Crippen LogP contribution in [0.25, 0.3) is 66.1 Å². The largest absolute Gasteiger partial charge is 0.310 e. The zero-order chi connectivity index (χ0) is 38.0. The van der Waals surface area contributed by atoms with Crippen LogP contribution in [0.5, 0.6) is 0 Å². The van der Waals surface area contributed by atoms with Crippen LogP contribution in [0, 0.1) is 0 Å². The quantitative estimate of drug-likeness (QED) is 0.175. The van der Waals surface area contributed by atoms with Crippen molar-refractivity contribution in [2.45, 2.75) is 5.41 Å². The maximum Gasteiger partial charge on any atom is 0.0755 e. The van der Waals surface area contributed by atoms with Crippen LogP contribution in [0.15, 0.2) is 212 Å². The summed E-state index contributed by atoms with van der Waals surface area (Å²) in [5.41, 5.74) is 18.0. The maximum atomic E-state index is 2.51. The van der Waals surface area contributed by atoms with E-state index in [0.717, 1.165) is 22.7 Å². The molecule has 0 fully saturated rings. The smallest absolute Gasteiger partial charge is 0.0755 e. The molecule has 0 bridgehead atoms. The molecule has 1 aliphatic heterocycles. The van der Waals surface area contributed by atoms with Gasteiger partial charge in [0, 0.05) is 44.3 Å². The predicted molar refractivity (Wildman–Crippen MR) is 241 cm³/mol. The second-order valence-corrected chi connectivity index (χ2v) is 15.7. The van der Waals surface area contributed by atoms with Gasteiger partial charge in [0.25, 0.3) is 0 Å². The third-order valence-corrected chi connectivity index (χ3v) is 12.9. The highest BCUT2D eigenvalue weighted by Crippen LogP contribution is 2.61. The van der Waals surface area contributed by atoms with Crippen molar-refractivity contribution in [1.29, 1.82) is 0 Å². The summed E-state index contributed by atoms with van der Waals surface area (Å²) in [5.74, 6) is 0. The van der Waals surface area contributed by atoms with Crippen molar-refractivity contribution in [3.63, 3.8) is 0 Å². The van der Waals surface area contributed by atoms with Crippen LogP contribution in [-0.2, 0) is 5.41 Å². The number of fused-ring (bicyclic) bond motifs is 15. The first-order valence-electron chi connectivity index (χ1n) is 20.1. The minimum absolute atomic E-state index is 0.523. The summed E-state index contributed by atoms with van der Waals surface area (Å²) in [4.78, 5) is 2.42. The van der Waals surface area contributed by atoms with E-state index in [1.54, 1.807) is 0 Å². The SMILES string of the molecule is c1ccc(N(c2ccc(-n3c4ccccc4c4ccccc43)cc2)c2ccc3c(c2)C2(c4ccccc4-3)c3ccccc3-n3c4ccccc4c4cccc2c43)cc1. The molecule has 2 aromatic heterocycles. The van der Waals surface area contributed by atoms with E-state index in [1.165, 1.54) is 82.7 Å². The lowest BCUT2D eigenvalue weighted by Gasteiger charge is -2.40. The molecular weight excluding hydrogens is 703 g/mol. The number of hydrogen-bond acceptors (Lipinski definition) is 1. The third kappa shape index (κ3) is 4.02. The fraction of sp³-hybridized carbons (Fsp3) is 0.0182. The Labute approximate surface area is 335 Å². The van der Waals surface area contributed by atoms with E-state index in [4.69, 9.17) is 0 Å². The van der Waals surface area contributed by atoms with E-state index in [9.17, 15) is 0 Å². The molecule has 11 aromatic rings. The molecule has 0 amide bonds. The van der Waals surface area contributed by atoms with Gasteiger partial charge in [-0.3, -0.25) is 0 Å². The van der Waals surface area contributed by atoms with Crippen molar-refractivity contribution in [2.75, 3.05) is 4.90 Å². The van der Waals surface area contributed by atoms with Crippen molar-refractivity contribution in [1.82, 2.24) is 9.13 Å². The molecule has 0 N–H and O–H groups in total. The van der Waals surface area contributed by atoms with Gasteiger partial charge in [0.2, 0.25) is 0 Å². The van der Waals surface area contributed by atoms with Crippen molar-refractivity contribution >= 4 is 60.7 Å². The summed E-state index contributed by atoms with van der Waals surface area (Å²) < 4.78 is 4.90. The van der Waals surface area contributed by atoms with Crippen molar-refractivity contribution in [2.24, 2.45) is 0 Å². The monoisotopic (exact) mass is 737 g/mol. The molecule has 58 heavy (non-hydrogen) atoms. The zero-order valence-electron chi connectivity index (χ0n) is 31.5. The summed E-state index contributed by atoms with van der Waals surface area (Å²) in [6, 6.07) is 78.5. The van der Waals surface area contributed by atoms with Gasteiger partial charge in [-0.2, -0.15) is 0 Å². The Kier molecular flexibility index (Phi) is 6.37. The highest BCUT2D eigenvalue weighted by molar-refractivity contribution is 6.13. The van der Waals surface area contributed by atoms with E-state index in [2.05, 4.69) is 226 Å². The van der Waals surface area contributed by atoms with Crippen LogP contribution >= 0.6 is 0 Å². The lowest BCUT2D eigenvalue weighted by molar-refractivity contribution is 0.748. The third-order valence-electron chi connectivity index (χ3n) is 12.9. The fourth-order valence-corrected chi connectivity index (χ4v) is 10.7. The zero-order valence-corrected chi connectivity index (χ0v) is 31.5. The van der Waals surface area contributed by atoms with Crippen LogP contribution < -0.4 is 4.90 Å². The number of benzene rings is 9. The Balaban J connectivity index is 1.06. The second kappa shape index (κ2) is 11.7. The van der Waals surface area contributed by atoms with Gasteiger partial charge < -0.3 is 14.0 Å². The van der Waals surface area contributed by atoms with Crippen LogP contribution in [-0.4, -0.2) is 9.13 Å². The van der Waals surface area contributed by atoms with Crippen molar-refractivity contribution in [3.8, 4) is 22.5 Å². The number of rotatable bonds is 4. The molecular formula is C55H35N3. The summed E-state index contributed by atoms with van der Waals surface area (Å²) in [5, 5.41) is 5.10. The average molecular weight is 738 g/mol. The first-order valence-corrected chi connectivity index (χ1v) is 20.1. The summed E-state index contributed by atoms with van der Waals surface area (Å²) in [6.45, 7) is 0. The molecule has 3 heteroatoms. The molecule has 0 radical (unpaired) electrons. The molecule has 3 heterocycles. The van der Waals surface area contributed by atoms with Gasteiger partial charge in [-0.1, -0.05) is 140 Å². The Morgan fingerprint density at radius 3 is 1.59 bits per heavy atom. The molecule has 1 spiro atoms. The van der Waals surface area contributed by atoms with Gasteiger partial charge in [0.1, 0.15) is 0 Å². The van der Waals surface area contributed by atoms with E-state index < -0.39 is 5.41 Å². The van der Waals surface area contributed by atoms with Gasteiger partial charge in [-0.05, 0) is 106 Å². The Morgan fingerprint density at radius 2 is 0.845 bits per heavy atom. The van der Waals surface area contributed by atoms with E-state index in [1.807, 2.05) is 0 Å². The molecule has 13 rings (SSSR count). The minimum atomic E-state index is -0.523. The normalized spacial score (nSPS) is 15.0. The fourth-order valence-electron chi connectivity index (χ4n) is 10.7. The first-order chi connectivity index (χ1) is 28.8. The first kappa shape index (κ1) is 31.6. The molecule has 3 nitrogen and oxygen atoms in total. The van der Waals surface area contributed by atoms with Crippen LogP contribution in [0.3, 0.4) is 0 Å². The average Bonchev–Trinajstić information content (AvgIpc) is 3.91. The summed E-state index contributed by atoms with van der Waals surface area (Å²) in [6.07, 6.45) is 0. The molecule has 9 aromatic carbocycles. The molecule has 2 aliphatic rings. The van der Waals surface area contributed by atoms with Gasteiger partial charge >= 0.3 is 0 Å². The highest BCUT2D eigenvalue weighted by atomic mass is 15.1. The van der Waals surface area contributed by atoms with Gasteiger partial charge in [-0.15, -0.1) is 0 Å². The van der Waals surface area contributed by atoms with E-state index in [0.29, 0.717) is 0 Å². The predicted octanol–water partition coefficient (Wildman–Crippen LogP) is 14.0. The van der Waals surface area contributed by atoms with Crippen LogP contribution in [0.2, 0.25) is 0 Å². The molecule has 1 atom stereocenters. The minimum Gasteiger partial charge on any atom is -0.310 e. The number of aromatic nitrogens is 2. The Morgan fingerprint density at radius 1 is 0.328 bits per heavy atom. The van der Waals surface area contributed by atoms with Gasteiger partial charge in [-0.25, -0.2) is 0 Å². The number of nitrogens with zero attached hydrogens (tertiary/aromatic N) is 3. The number of para-hydroxylation sites is 6.